The van der Waals surface area contributed by atoms with Crippen molar-refractivity contribution in [3.05, 3.63) is 70.2 Å². The minimum Gasteiger partial charge on any atom is -0.349 e. The molecule has 108 valence electrons. The standard InChI is InChI=1S/C17H16BrNO2/c1-12(20)19-16(14-8-5-9-15(18)10-14)11-17(21)13-6-3-2-4-7-13/h2-10,16H,11H2,1H3,(H,19,20)/t16-/m0/s1. The van der Waals surface area contributed by atoms with Crippen molar-refractivity contribution in [1.29, 1.82) is 0 Å². The summed E-state index contributed by atoms with van der Waals surface area (Å²) < 4.78 is 0.919. The maximum Gasteiger partial charge on any atom is 0.217 e. The topological polar surface area (TPSA) is 46.2 Å². The number of Topliss-reactive ketones (excluding diaryl/α,β-unsaturated/α-hetero) is 1. The average molecular weight is 346 g/mol. The summed E-state index contributed by atoms with van der Waals surface area (Å²) in [5.41, 5.74) is 1.56. The molecule has 21 heavy (non-hydrogen) atoms. The monoisotopic (exact) mass is 345 g/mol. The molecule has 0 bridgehead atoms. The SMILES string of the molecule is CC(=O)N[C@@H](CC(=O)c1ccccc1)c1cccc(Br)c1. The van der Waals surface area contributed by atoms with Crippen molar-refractivity contribution in [2.45, 2.75) is 19.4 Å². The normalized spacial score (nSPS) is 11.7. The highest BCUT2D eigenvalue weighted by Crippen LogP contribution is 2.22. The zero-order valence-electron chi connectivity index (χ0n) is 11.7. The lowest BCUT2D eigenvalue weighted by Crippen LogP contribution is -2.28. The highest BCUT2D eigenvalue weighted by atomic mass is 79.9. The molecule has 2 aromatic rings. The first-order valence-corrected chi connectivity index (χ1v) is 7.46. The highest BCUT2D eigenvalue weighted by molar-refractivity contribution is 9.10. The van der Waals surface area contributed by atoms with Crippen molar-refractivity contribution >= 4 is 27.6 Å². The number of benzene rings is 2. The van der Waals surface area contributed by atoms with Gasteiger partial charge >= 0.3 is 0 Å². The number of hydrogen-bond donors (Lipinski definition) is 1. The lowest BCUT2D eigenvalue weighted by atomic mass is 9.98. The van der Waals surface area contributed by atoms with E-state index in [2.05, 4.69) is 21.2 Å². The van der Waals surface area contributed by atoms with Gasteiger partial charge in [-0.3, -0.25) is 9.59 Å². The number of amides is 1. The van der Waals surface area contributed by atoms with E-state index in [1.54, 1.807) is 12.1 Å². The number of rotatable bonds is 5. The van der Waals surface area contributed by atoms with Crippen molar-refractivity contribution in [2.24, 2.45) is 0 Å². The predicted octanol–water partition coefficient (Wildman–Crippen LogP) is 3.90. The summed E-state index contributed by atoms with van der Waals surface area (Å²) in [7, 11) is 0. The molecule has 0 unspecified atom stereocenters. The molecule has 0 radical (unpaired) electrons. The van der Waals surface area contributed by atoms with Crippen LogP contribution >= 0.6 is 15.9 Å². The predicted molar refractivity (Wildman–Crippen MR) is 86.1 cm³/mol. The van der Waals surface area contributed by atoms with Gasteiger partial charge in [0.1, 0.15) is 0 Å². The third-order valence-corrected chi connectivity index (χ3v) is 3.61. The second-order valence-corrected chi connectivity index (χ2v) is 5.72. The van der Waals surface area contributed by atoms with E-state index in [9.17, 15) is 9.59 Å². The fourth-order valence-corrected chi connectivity index (χ4v) is 2.57. The first kappa shape index (κ1) is 15.4. The lowest BCUT2D eigenvalue weighted by molar-refractivity contribution is -0.119. The Balaban J connectivity index is 2.21. The zero-order chi connectivity index (χ0) is 15.2. The summed E-state index contributed by atoms with van der Waals surface area (Å²) in [5.74, 6) is -0.143. The molecule has 0 aliphatic heterocycles. The summed E-state index contributed by atoms with van der Waals surface area (Å²) in [6.45, 7) is 1.46. The van der Waals surface area contributed by atoms with Gasteiger partial charge in [0, 0.05) is 23.4 Å². The highest BCUT2D eigenvalue weighted by Gasteiger charge is 2.18. The molecule has 1 N–H and O–H groups in total. The number of carbonyl (C=O) groups excluding carboxylic acids is 2. The molecule has 0 fully saturated rings. The molecule has 0 saturated heterocycles. The maximum atomic E-state index is 12.3. The first-order valence-electron chi connectivity index (χ1n) is 6.67. The largest absolute Gasteiger partial charge is 0.349 e. The molecular formula is C17H16BrNO2. The molecule has 1 atom stereocenters. The molecule has 0 aromatic heterocycles. The summed E-state index contributed by atoms with van der Waals surface area (Å²) in [6, 6.07) is 16.4. The van der Waals surface area contributed by atoms with Gasteiger partial charge in [-0.2, -0.15) is 0 Å². The molecule has 0 heterocycles. The number of carbonyl (C=O) groups is 2. The fourth-order valence-electron chi connectivity index (χ4n) is 2.15. The van der Waals surface area contributed by atoms with Crippen LogP contribution in [-0.2, 0) is 4.79 Å². The molecular weight excluding hydrogens is 330 g/mol. The van der Waals surface area contributed by atoms with Gasteiger partial charge in [-0.05, 0) is 17.7 Å². The Labute approximate surface area is 132 Å². The number of halogens is 1. The van der Waals surface area contributed by atoms with Crippen molar-refractivity contribution in [3.63, 3.8) is 0 Å². The minimum absolute atomic E-state index is 0.00863. The van der Waals surface area contributed by atoms with Gasteiger partial charge in [-0.25, -0.2) is 0 Å². The van der Waals surface area contributed by atoms with Crippen LogP contribution in [0.4, 0.5) is 0 Å². The minimum atomic E-state index is -0.326. The van der Waals surface area contributed by atoms with E-state index >= 15 is 0 Å². The Morgan fingerprint density at radius 1 is 1.10 bits per heavy atom. The van der Waals surface area contributed by atoms with Gasteiger partial charge in [0.05, 0.1) is 6.04 Å². The van der Waals surface area contributed by atoms with E-state index in [0.29, 0.717) is 5.56 Å². The second-order valence-electron chi connectivity index (χ2n) is 4.80. The second kappa shape index (κ2) is 7.18. The van der Waals surface area contributed by atoms with Crippen molar-refractivity contribution < 1.29 is 9.59 Å². The van der Waals surface area contributed by atoms with Crippen molar-refractivity contribution in [1.82, 2.24) is 5.32 Å². The van der Waals surface area contributed by atoms with Gasteiger partial charge in [0.2, 0.25) is 5.91 Å². The molecule has 1 amide bonds. The quantitative estimate of drug-likeness (QED) is 0.835. The molecule has 0 spiro atoms. The lowest BCUT2D eigenvalue weighted by Gasteiger charge is -2.18. The molecule has 0 saturated carbocycles. The van der Waals surface area contributed by atoms with Crippen LogP contribution in [0, 0.1) is 0 Å². The van der Waals surface area contributed by atoms with E-state index in [1.165, 1.54) is 6.92 Å². The number of ketones is 1. The van der Waals surface area contributed by atoms with Crippen LogP contribution in [0.2, 0.25) is 0 Å². The van der Waals surface area contributed by atoms with Gasteiger partial charge in [0.25, 0.3) is 0 Å². The Morgan fingerprint density at radius 2 is 1.81 bits per heavy atom. The summed E-state index contributed by atoms with van der Waals surface area (Å²) in [6.07, 6.45) is 0.236. The molecule has 0 aliphatic rings. The van der Waals surface area contributed by atoms with E-state index < -0.39 is 0 Å². The molecule has 3 nitrogen and oxygen atoms in total. The first-order chi connectivity index (χ1) is 10.1. The molecule has 4 heteroatoms. The van der Waals surface area contributed by atoms with Crippen LogP contribution in [0.3, 0.4) is 0 Å². The van der Waals surface area contributed by atoms with Crippen molar-refractivity contribution in [3.8, 4) is 0 Å². The Hall–Kier alpha value is -1.94. The van der Waals surface area contributed by atoms with Crippen LogP contribution in [0.15, 0.2) is 59.1 Å². The number of nitrogens with one attached hydrogen (secondary N) is 1. The van der Waals surface area contributed by atoms with Crippen LogP contribution in [0.5, 0.6) is 0 Å². The van der Waals surface area contributed by atoms with E-state index in [1.807, 2.05) is 42.5 Å². The average Bonchev–Trinajstić information content (AvgIpc) is 2.47. The fraction of sp³-hybridized carbons (Fsp3) is 0.176. The van der Waals surface area contributed by atoms with Crippen LogP contribution in [-0.4, -0.2) is 11.7 Å². The third kappa shape index (κ3) is 4.53. The van der Waals surface area contributed by atoms with Crippen LogP contribution < -0.4 is 5.32 Å². The maximum absolute atomic E-state index is 12.3. The summed E-state index contributed by atoms with van der Waals surface area (Å²) in [4.78, 5) is 23.7. The van der Waals surface area contributed by atoms with Crippen molar-refractivity contribution in [2.75, 3.05) is 0 Å². The Morgan fingerprint density at radius 3 is 2.43 bits per heavy atom. The Bertz CT molecular complexity index is 640. The van der Waals surface area contributed by atoms with Crippen LogP contribution in [0.25, 0.3) is 0 Å². The number of hydrogen-bond acceptors (Lipinski definition) is 2. The molecule has 0 aliphatic carbocycles. The Kier molecular flexibility index (Phi) is 5.28. The van der Waals surface area contributed by atoms with Gasteiger partial charge in [-0.15, -0.1) is 0 Å². The van der Waals surface area contributed by atoms with Gasteiger partial charge in [0.15, 0.2) is 5.78 Å². The smallest absolute Gasteiger partial charge is 0.217 e. The molecule has 2 rings (SSSR count). The van der Waals surface area contributed by atoms with E-state index in [0.717, 1.165) is 10.0 Å². The third-order valence-electron chi connectivity index (χ3n) is 3.11. The zero-order valence-corrected chi connectivity index (χ0v) is 13.3. The van der Waals surface area contributed by atoms with Gasteiger partial charge < -0.3 is 5.32 Å². The van der Waals surface area contributed by atoms with E-state index in [4.69, 9.17) is 0 Å². The van der Waals surface area contributed by atoms with E-state index in [-0.39, 0.29) is 24.2 Å². The van der Waals surface area contributed by atoms with Crippen LogP contribution in [0.1, 0.15) is 35.3 Å². The summed E-state index contributed by atoms with van der Waals surface area (Å²) >= 11 is 3.41. The molecule has 2 aromatic carbocycles. The summed E-state index contributed by atoms with van der Waals surface area (Å²) in [5, 5.41) is 2.84. The van der Waals surface area contributed by atoms with Gasteiger partial charge in [-0.1, -0.05) is 58.4 Å².